The second-order valence-corrected chi connectivity index (χ2v) is 4.21. The first-order valence-electron chi connectivity index (χ1n) is 5.22. The molecule has 1 aromatic heterocycles. The molecule has 0 fully saturated rings. The number of hydrogen-bond donors (Lipinski definition) is 0. The van der Waals surface area contributed by atoms with E-state index in [1.54, 1.807) is 29.7 Å². The fourth-order valence-electron chi connectivity index (χ4n) is 1.55. The summed E-state index contributed by atoms with van der Waals surface area (Å²) in [5.41, 5.74) is 1.23. The zero-order valence-electron chi connectivity index (χ0n) is 9.20. The average Bonchev–Trinajstić information content (AvgIpc) is 3.05. The Morgan fingerprint density at radius 3 is 3.06 bits per heavy atom. The highest BCUT2D eigenvalue weighted by Crippen LogP contribution is 2.32. The molecule has 1 aromatic carbocycles. The maximum Gasteiger partial charge on any atom is 0.231 e. The number of hydrogen-bond acceptors (Lipinski definition) is 6. The van der Waals surface area contributed by atoms with Crippen LogP contribution in [0.3, 0.4) is 0 Å². The lowest BCUT2D eigenvalue weighted by Crippen LogP contribution is -1.94. The van der Waals surface area contributed by atoms with Gasteiger partial charge >= 0.3 is 0 Å². The van der Waals surface area contributed by atoms with Crippen LogP contribution in [-0.2, 0) is 0 Å². The van der Waals surface area contributed by atoms with Gasteiger partial charge in [0.05, 0.1) is 5.69 Å². The number of ether oxygens (including phenoxy) is 2. The molecule has 18 heavy (non-hydrogen) atoms. The van der Waals surface area contributed by atoms with Crippen molar-refractivity contribution < 1.29 is 14.3 Å². The average molecular weight is 260 g/mol. The Morgan fingerprint density at radius 2 is 2.22 bits per heavy atom. The van der Waals surface area contributed by atoms with Gasteiger partial charge in [-0.1, -0.05) is 4.49 Å². The molecule has 0 radical (unpaired) electrons. The normalized spacial score (nSPS) is 13.1. The van der Waals surface area contributed by atoms with Gasteiger partial charge in [0.1, 0.15) is 0 Å². The number of aromatic nitrogens is 2. The van der Waals surface area contributed by atoms with Gasteiger partial charge in [0, 0.05) is 10.9 Å². The van der Waals surface area contributed by atoms with E-state index in [0.717, 1.165) is 0 Å². The Bertz CT molecular complexity index is 608. The molecule has 5 nitrogen and oxygen atoms in total. The number of carbonyl (C=O) groups is 1. The molecule has 0 bridgehead atoms. The van der Waals surface area contributed by atoms with E-state index in [4.69, 9.17) is 9.47 Å². The third kappa shape index (κ3) is 2.10. The van der Waals surface area contributed by atoms with Gasteiger partial charge in [0.15, 0.2) is 17.3 Å². The minimum absolute atomic E-state index is 0.110. The van der Waals surface area contributed by atoms with Crippen LogP contribution < -0.4 is 9.47 Å². The third-order valence-electron chi connectivity index (χ3n) is 2.44. The van der Waals surface area contributed by atoms with E-state index in [-0.39, 0.29) is 12.6 Å². The van der Waals surface area contributed by atoms with Crippen LogP contribution in [0.1, 0.15) is 16.1 Å². The van der Waals surface area contributed by atoms with Gasteiger partial charge in [-0.05, 0) is 41.9 Å². The quantitative estimate of drug-likeness (QED) is 0.625. The van der Waals surface area contributed by atoms with Crippen LogP contribution in [0.5, 0.6) is 11.5 Å². The summed E-state index contributed by atoms with van der Waals surface area (Å²) in [4.78, 5) is 11.9. The van der Waals surface area contributed by atoms with Gasteiger partial charge in [-0.3, -0.25) is 4.79 Å². The van der Waals surface area contributed by atoms with Crippen molar-refractivity contribution in [2.45, 2.75) is 0 Å². The maximum absolute atomic E-state index is 11.9. The molecule has 90 valence electrons. The number of nitrogens with zero attached hydrogens (tertiary/aromatic N) is 2. The number of ketones is 1. The predicted octanol–water partition coefficient (Wildman–Crippen LogP) is 2.16. The van der Waals surface area contributed by atoms with Crippen molar-refractivity contribution in [2.75, 3.05) is 6.79 Å². The largest absolute Gasteiger partial charge is 0.454 e. The summed E-state index contributed by atoms with van der Waals surface area (Å²) >= 11 is 1.24. The molecular formula is C12H8N2O3S. The summed E-state index contributed by atoms with van der Waals surface area (Å²) < 4.78 is 14.1. The number of benzene rings is 1. The molecule has 0 saturated carbocycles. The van der Waals surface area contributed by atoms with Crippen LogP contribution in [0.25, 0.3) is 6.08 Å². The van der Waals surface area contributed by atoms with Crippen LogP contribution >= 0.6 is 11.5 Å². The zero-order chi connectivity index (χ0) is 12.4. The van der Waals surface area contributed by atoms with Crippen molar-refractivity contribution >= 4 is 23.4 Å². The smallest absolute Gasteiger partial charge is 0.231 e. The Balaban J connectivity index is 1.80. The molecule has 0 spiro atoms. The van der Waals surface area contributed by atoms with E-state index in [1.165, 1.54) is 17.6 Å². The third-order valence-corrected chi connectivity index (χ3v) is 2.96. The van der Waals surface area contributed by atoms with Gasteiger partial charge in [-0.15, -0.1) is 5.10 Å². The molecule has 2 aromatic rings. The van der Waals surface area contributed by atoms with Crippen molar-refractivity contribution in [2.24, 2.45) is 0 Å². The highest BCUT2D eigenvalue weighted by atomic mass is 32.1. The van der Waals surface area contributed by atoms with Crippen LogP contribution in [0.2, 0.25) is 0 Å². The topological polar surface area (TPSA) is 61.3 Å². The lowest BCUT2D eigenvalue weighted by molar-refractivity contribution is 0.104. The van der Waals surface area contributed by atoms with Crippen molar-refractivity contribution in [1.82, 2.24) is 9.59 Å². The number of rotatable bonds is 3. The molecule has 0 atom stereocenters. The number of carbonyl (C=O) groups excluding carboxylic acids is 1. The van der Waals surface area contributed by atoms with Crippen LogP contribution in [0, 0.1) is 0 Å². The van der Waals surface area contributed by atoms with Crippen LogP contribution in [0.4, 0.5) is 0 Å². The Labute approximate surface area is 107 Å². The summed E-state index contributed by atoms with van der Waals surface area (Å²) in [6.07, 6.45) is 3.10. The molecule has 0 N–H and O–H groups in total. The number of allylic oxidation sites excluding steroid dienone is 1. The van der Waals surface area contributed by atoms with Crippen molar-refractivity contribution in [3.05, 3.63) is 40.9 Å². The lowest BCUT2D eigenvalue weighted by atomic mass is 10.1. The van der Waals surface area contributed by atoms with E-state index in [1.807, 2.05) is 0 Å². The molecule has 2 heterocycles. The first-order valence-corrected chi connectivity index (χ1v) is 6.06. The fraction of sp³-hybridized carbons (Fsp3) is 0.0833. The molecule has 1 aliphatic rings. The highest BCUT2D eigenvalue weighted by Gasteiger charge is 2.14. The molecule has 6 heteroatoms. The molecule has 1 aliphatic heterocycles. The van der Waals surface area contributed by atoms with E-state index < -0.39 is 0 Å². The van der Waals surface area contributed by atoms with Crippen molar-refractivity contribution in [3.8, 4) is 11.5 Å². The fourth-order valence-corrected chi connectivity index (χ4v) is 1.97. The van der Waals surface area contributed by atoms with Gasteiger partial charge in [-0.25, -0.2) is 0 Å². The van der Waals surface area contributed by atoms with E-state index >= 15 is 0 Å². The van der Waals surface area contributed by atoms with Crippen LogP contribution in [0.15, 0.2) is 29.7 Å². The molecule has 0 amide bonds. The van der Waals surface area contributed by atoms with E-state index in [9.17, 15) is 4.79 Å². The minimum atomic E-state index is -0.110. The molecule has 0 unspecified atom stereocenters. The first kappa shape index (κ1) is 10.9. The summed E-state index contributed by atoms with van der Waals surface area (Å²) in [6.45, 7) is 0.202. The zero-order valence-corrected chi connectivity index (χ0v) is 10.0. The second kappa shape index (κ2) is 4.58. The van der Waals surface area contributed by atoms with Crippen LogP contribution in [-0.4, -0.2) is 22.2 Å². The molecule has 0 saturated heterocycles. The Kier molecular flexibility index (Phi) is 2.77. The Hall–Kier alpha value is -2.21. The van der Waals surface area contributed by atoms with Gasteiger partial charge in [0.2, 0.25) is 6.79 Å². The monoisotopic (exact) mass is 260 g/mol. The summed E-state index contributed by atoms with van der Waals surface area (Å²) in [5, 5.41) is 5.59. The summed E-state index contributed by atoms with van der Waals surface area (Å²) in [6, 6.07) is 5.11. The minimum Gasteiger partial charge on any atom is -0.454 e. The van der Waals surface area contributed by atoms with Crippen molar-refractivity contribution in [1.29, 1.82) is 0 Å². The summed E-state index contributed by atoms with van der Waals surface area (Å²) in [5.74, 6) is 1.16. The van der Waals surface area contributed by atoms with E-state index in [0.29, 0.717) is 22.8 Å². The summed E-state index contributed by atoms with van der Waals surface area (Å²) in [7, 11) is 0. The van der Waals surface area contributed by atoms with Gasteiger partial charge < -0.3 is 9.47 Å². The molecule has 0 aliphatic carbocycles. The lowest BCUT2D eigenvalue weighted by Gasteiger charge is -1.98. The second-order valence-electron chi connectivity index (χ2n) is 3.60. The van der Waals surface area contributed by atoms with E-state index in [2.05, 4.69) is 9.59 Å². The SMILES string of the molecule is O=C(/C=C/c1csnn1)c1ccc2c(c1)OCO2. The molecular weight excluding hydrogens is 252 g/mol. The van der Waals surface area contributed by atoms with Gasteiger partial charge in [-0.2, -0.15) is 0 Å². The standard InChI is InChI=1S/C12H8N2O3S/c15-10(3-2-9-6-18-14-13-9)8-1-4-11-12(5-8)17-7-16-11/h1-6H,7H2/b3-2+. The van der Waals surface area contributed by atoms with Gasteiger partial charge in [0.25, 0.3) is 0 Å². The Morgan fingerprint density at radius 1 is 1.33 bits per heavy atom. The van der Waals surface area contributed by atoms with Crippen molar-refractivity contribution in [3.63, 3.8) is 0 Å². The maximum atomic E-state index is 11.9. The first-order chi connectivity index (χ1) is 8.83. The number of fused-ring (bicyclic) bond motifs is 1. The highest BCUT2D eigenvalue weighted by molar-refractivity contribution is 7.03. The predicted molar refractivity (Wildman–Crippen MR) is 65.8 cm³/mol. The molecule has 3 rings (SSSR count).